The molecule has 0 aromatic heterocycles. The SMILES string of the molecule is CCOC(=O)C(Cc1ccc(O)cc1OC)NC=O. The fourth-order valence-electron chi connectivity index (χ4n) is 1.66. The average Bonchev–Trinajstić information content (AvgIpc) is 2.40. The highest BCUT2D eigenvalue weighted by molar-refractivity contribution is 5.78. The van der Waals surface area contributed by atoms with Crippen molar-refractivity contribution in [1.82, 2.24) is 5.32 Å². The van der Waals surface area contributed by atoms with E-state index >= 15 is 0 Å². The van der Waals surface area contributed by atoms with Gasteiger partial charge in [-0.2, -0.15) is 0 Å². The molecule has 2 N–H and O–H groups in total. The number of benzene rings is 1. The Labute approximate surface area is 111 Å². The lowest BCUT2D eigenvalue weighted by molar-refractivity contribution is -0.146. The molecule has 0 spiro atoms. The van der Waals surface area contributed by atoms with Crippen LogP contribution in [0.3, 0.4) is 0 Å². The molecule has 104 valence electrons. The van der Waals surface area contributed by atoms with E-state index in [4.69, 9.17) is 9.47 Å². The molecular weight excluding hydrogens is 250 g/mol. The quantitative estimate of drug-likeness (QED) is 0.559. The maximum atomic E-state index is 11.7. The van der Waals surface area contributed by atoms with Crippen LogP contribution in [0.15, 0.2) is 18.2 Å². The van der Waals surface area contributed by atoms with Crippen molar-refractivity contribution >= 4 is 12.4 Å². The van der Waals surface area contributed by atoms with E-state index in [1.54, 1.807) is 13.0 Å². The largest absolute Gasteiger partial charge is 0.508 e. The smallest absolute Gasteiger partial charge is 0.328 e. The summed E-state index contributed by atoms with van der Waals surface area (Å²) in [5.41, 5.74) is 0.688. The Hall–Kier alpha value is -2.24. The van der Waals surface area contributed by atoms with Gasteiger partial charge in [-0.3, -0.25) is 4.79 Å². The second-order valence-corrected chi connectivity index (χ2v) is 3.79. The molecule has 1 aromatic carbocycles. The molecule has 1 rings (SSSR count). The number of esters is 1. The summed E-state index contributed by atoms with van der Waals surface area (Å²) in [6.07, 6.45) is 0.676. The standard InChI is InChI=1S/C13H17NO5/c1-3-19-13(17)11(14-8-15)6-9-4-5-10(16)7-12(9)18-2/h4-5,7-8,11,16H,3,6H2,1-2H3,(H,14,15). The second kappa shape index (κ2) is 7.25. The first kappa shape index (κ1) is 14.8. The van der Waals surface area contributed by atoms with Crippen LogP contribution < -0.4 is 10.1 Å². The number of phenolic OH excluding ortho intramolecular Hbond substituents is 1. The molecular formula is C13H17NO5. The van der Waals surface area contributed by atoms with Gasteiger partial charge in [0.2, 0.25) is 6.41 Å². The number of methoxy groups -OCH3 is 1. The number of carbonyl (C=O) groups excluding carboxylic acids is 2. The molecule has 0 radical (unpaired) electrons. The van der Waals surface area contributed by atoms with E-state index in [1.165, 1.54) is 19.2 Å². The number of rotatable bonds is 7. The molecule has 0 saturated heterocycles. The Balaban J connectivity index is 2.89. The predicted octanol–water partition coefficient (Wildman–Crippen LogP) is 0.621. The van der Waals surface area contributed by atoms with E-state index in [0.717, 1.165) is 0 Å². The molecule has 1 amide bonds. The highest BCUT2D eigenvalue weighted by Crippen LogP contribution is 2.25. The fourth-order valence-corrected chi connectivity index (χ4v) is 1.66. The van der Waals surface area contributed by atoms with Crippen molar-refractivity contribution in [1.29, 1.82) is 0 Å². The number of amides is 1. The highest BCUT2D eigenvalue weighted by Gasteiger charge is 2.21. The first-order chi connectivity index (χ1) is 9.12. The van der Waals surface area contributed by atoms with E-state index in [9.17, 15) is 14.7 Å². The molecule has 19 heavy (non-hydrogen) atoms. The molecule has 6 heteroatoms. The van der Waals surface area contributed by atoms with Gasteiger partial charge in [0.15, 0.2) is 0 Å². The van der Waals surface area contributed by atoms with Crippen molar-refractivity contribution in [2.24, 2.45) is 0 Å². The van der Waals surface area contributed by atoms with Crippen LogP contribution >= 0.6 is 0 Å². The third kappa shape index (κ3) is 4.17. The molecule has 0 bridgehead atoms. The Morgan fingerprint density at radius 2 is 2.26 bits per heavy atom. The van der Waals surface area contributed by atoms with Gasteiger partial charge in [-0.05, 0) is 18.6 Å². The van der Waals surface area contributed by atoms with Crippen molar-refractivity contribution in [3.8, 4) is 11.5 Å². The number of carbonyl (C=O) groups is 2. The van der Waals surface area contributed by atoms with Crippen LogP contribution in [0.4, 0.5) is 0 Å². The molecule has 6 nitrogen and oxygen atoms in total. The fraction of sp³-hybridized carbons (Fsp3) is 0.385. The topological polar surface area (TPSA) is 84.9 Å². The van der Waals surface area contributed by atoms with Crippen molar-refractivity contribution in [3.63, 3.8) is 0 Å². The summed E-state index contributed by atoms with van der Waals surface area (Å²) in [4.78, 5) is 22.2. The van der Waals surface area contributed by atoms with Gasteiger partial charge in [-0.1, -0.05) is 6.07 Å². The lowest BCUT2D eigenvalue weighted by Gasteiger charge is -2.16. The molecule has 1 atom stereocenters. The zero-order valence-corrected chi connectivity index (χ0v) is 10.9. The van der Waals surface area contributed by atoms with E-state index in [-0.39, 0.29) is 18.8 Å². The zero-order valence-electron chi connectivity index (χ0n) is 10.9. The monoisotopic (exact) mass is 267 g/mol. The summed E-state index contributed by atoms with van der Waals surface area (Å²) in [7, 11) is 1.46. The molecule has 0 heterocycles. The van der Waals surface area contributed by atoms with Crippen molar-refractivity contribution in [2.45, 2.75) is 19.4 Å². The number of hydrogen-bond donors (Lipinski definition) is 2. The minimum absolute atomic E-state index is 0.0663. The summed E-state index contributed by atoms with van der Waals surface area (Å²) in [6, 6.07) is 3.78. The van der Waals surface area contributed by atoms with Crippen molar-refractivity contribution in [2.75, 3.05) is 13.7 Å². The van der Waals surface area contributed by atoms with Crippen LogP contribution in [-0.4, -0.2) is 37.2 Å². The van der Waals surface area contributed by atoms with Crippen LogP contribution in [0.25, 0.3) is 0 Å². The third-order valence-corrected chi connectivity index (χ3v) is 2.54. The lowest BCUT2D eigenvalue weighted by Crippen LogP contribution is -2.39. The third-order valence-electron chi connectivity index (χ3n) is 2.54. The van der Waals surface area contributed by atoms with E-state index in [1.807, 2.05) is 0 Å². The van der Waals surface area contributed by atoms with Crippen LogP contribution in [-0.2, 0) is 20.7 Å². The van der Waals surface area contributed by atoms with Gasteiger partial charge >= 0.3 is 5.97 Å². The minimum Gasteiger partial charge on any atom is -0.508 e. The molecule has 1 unspecified atom stereocenters. The molecule has 0 aliphatic heterocycles. The normalized spacial score (nSPS) is 11.5. The van der Waals surface area contributed by atoms with E-state index in [0.29, 0.717) is 17.7 Å². The minimum atomic E-state index is -0.782. The summed E-state index contributed by atoms with van der Waals surface area (Å²) >= 11 is 0. The Morgan fingerprint density at radius 3 is 2.84 bits per heavy atom. The van der Waals surface area contributed by atoms with Gasteiger partial charge in [0, 0.05) is 12.5 Å². The molecule has 0 fully saturated rings. The van der Waals surface area contributed by atoms with Crippen molar-refractivity contribution in [3.05, 3.63) is 23.8 Å². The number of ether oxygens (including phenoxy) is 2. The molecule has 1 aromatic rings. The van der Waals surface area contributed by atoms with Crippen LogP contribution in [0, 0.1) is 0 Å². The Kier molecular flexibility index (Phi) is 5.66. The summed E-state index contributed by atoms with van der Waals surface area (Å²) in [5.74, 6) is 0.00311. The van der Waals surface area contributed by atoms with Crippen molar-refractivity contribution < 1.29 is 24.2 Å². The Bertz CT molecular complexity index is 447. The average molecular weight is 267 g/mol. The maximum Gasteiger partial charge on any atom is 0.328 e. The van der Waals surface area contributed by atoms with Crippen LogP contribution in [0.5, 0.6) is 11.5 Å². The number of nitrogens with one attached hydrogen (secondary N) is 1. The predicted molar refractivity (Wildman–Crippen MR) is 68.0 cm³/mol. The number of aromatic hydroxyl groups is 1. The lowest BCUT2D eigenvalue weighted by atomic mass is 10.0. The highest BCUT2D eigenvalue weighted by atomic mass is 16.5. The van der Waals surface area contributed by atoms with Gasteiger partial charge in [0.05, 0.1) is 13.7 Å². The van der Waals surface area contributed by atoms with Crippen LogP contribution in [0.2, 0.25) is 0 Å². The first-order valence-electron chi connectivity index (χ1n) is 5.84. The summed E-state index contributed by atoms with van der Waals surface area (Å²) in [6.45, 7) is 1.93. The number of phenols is 1. The van der Waals surface area contributed by atoms with Gasteiger partial charge in [-0.15, -0.1) is 0 Å². The van der Waals surface area contributed by atoms with Crippen LogP contribution in [0.1, 0.15) is 12.5 Å². The van der Waals surface area contributed by atoms with Gasteiger partial charge in [0.1, 0.15) is 17.5 Å². The maximum absolute atomic E-state index is 11.7. The van der Waals surface area contributed by atoms with E-state index in [2.05, 4.69) is 5.32 Å². The summed E-state index contributed by atoms with van der Waals surface area (Å²) < 4.78 is 9.99. The second-order valence-electron chi connectivity index (χ2n) is 3.79. The zero-order chi connectivity index (χ0) is 14.3. The molecule has 0 aliphatic rings. The first-order valence-corrected chi connectivity index (χ1v) is 5.84. The Morgan fingerprint density at radius 1 is 1.53 bits per heavy atom. The van der Waals surface area contributed by atoms with Gasteiger partial charge < -0.3 is 19.9 Å². The number of hydrogen-bond acceptors (Lipinski definition) is 5. The van der Waals surface area contributed by atoms with Gasteiger partial charge in [0.25, 0.3) is 0 Å². The molecule has 0 saturated carbocycles. The molecule has 0 aliphatic carbocycles. The van der Waals surface area contributed by atoms with Gasteiger partial charge in [-0.25, -0.2) is 4.79 Å². The summed E-state index contributed by atoms with van der Waals surface area (Å²) in [5, 5.41) is 11.8. The van der Waals surface area contributed by atoms with E-state index < -0.39 is 12.0 Å².